The molecule has 0 radical (unpaired) electrons. The minimum absolute atomic E-state index is 0.0502. The van der Waals surface area contributed by atoms with E-state index in [-0.39, 0.29) is 23.7 Å². The summed E-state index contributed by atoms with van der Waals surface area (Å²) >= 11 is 0. The zero-order valence-corrected chi connectivity index (χ0v) is 16.2. The summed E-state index contributed by atoms with van der Waals surface area (Å²) in [5.41, 5.74) is 1.80. The molecular weight excluding hydrogens is 356 g/mol. The lowest BCUT2D eigenvalue weighted by atomic mass is 10.1. The van der Waals surface area contributed by atoms with Gasteiger partial charge >= 0.3 is 0 Å². The second kappa shape index (κ2) is 9.26. The largest absolute Gasteiger partial charge is 0.497 e. The molecule has 2 atom stereocenters. The third-order valence-electron chi connectivity index (χ3n) is 4.91. The molecule has 0 saturated heterocycles. The third-order valence-corrected chi connectivity index (χ3v) is 4.91. The molecule has 2 N–H and O–H groups in total. The highest BCUT2D eigenvalue weighted by Crippen LogP contribution is 2.40. The summed E-state index contributed by atoms with van der Waals surface area (Å²) in [4.78, 5) is 24.8. The van der Waals surface area contributed by atoms with E-state index in [1.165, 1.54) is 5.56 Å². The fourth-order valence-electron chi connectivity index (χ4n) is 3.19. The Hall–Kier alpha value is -3.02. The molecule has 3 rings (SSSR count). The standard InChI is InChI=1S/C22H26N2O4/c1-27-16-10-11-20(28-2)19(13-16)24-22(26)18-14-17(18)21(25)23-12-6-9-15-7-4-3-5-8-15/h3-5,7-8,10-11,13,17-18H,6,9,12,14H2,1-2H3,(H,23,25)(H,24,26). The van der Waals surface area contributed by atoms with Crippen LogP contribution in [0.2, 0.25) is 0 Å². The van der Waals surface area contributed by atoms with Gasteiger partial charge in [0.2, 0.25) is 11.8 Å². The van der Waals surface area contributed by atoms with Gasteiger partial charge in [0.1, 0.15) is 11.5 Å². The van der Waals surface area contributed by atoms with Crippen LogP contribution < -0.4 is 20.1 Å². The van der Waals surface area contributed by atoms with Crippen molar-refractivity contribution in [1.82, 2.24) is 5.32 Å². The first-order valence-corrected chi connectivity index (χ1v) is 9.47. The van der Waals surface area contributed by atoms with Crippen LogP contribution in [0.3, 0.4) is 0 Å². The van der Waals surface area contributed by atoms with Crippen LogP contribution in [0.15, 0.2) is 48.5 Å². The fourth-order valence-corrected chi connectivity index (χ4v) is 3.19. The Morgan fingerprint density at radius 3 is 2.46 bits per heavy atom. The molecule has 148 valence electrons. The quantitative estimate of drug-likeness (QED) is 0.654. The van der Waals surface area contributed by atoms with E-state index in [4.69, 9.17) is 9.47 Å². The van der Waals surface area contributed by atoms with Crippen LogP contribution in [-0.2, 0) is 16.0 Å². The Morgan fingerprint density at radius 2 is 1.75 bits per heavy atom. The van der Waals surface area contributed by atoms with Gasteiger partial charge in [-0.3, -0.25) is 9.59 Å². The van der Waals surface area contributed by atoms with Crippen molar-refractivity contribution in [2.24, 2.45) is 11.8 Å². The Labute approximate surface area is 165 Å². The molecular formula is C22H26N2O4. The van der Waals surface area contributed by atoms with Gasteiger partial charge in [0, 0.05) is 12.6 Å². The number of carbonyl (C=O) groups excluding carboxylic acids is 2. The second-order valence-corrected chi connectivity index (χ2v) is 6.88. The Balaban J connectivity index is 1.44. The summed E-state index contributed by atoms with van der Waals surface area (Å²) < 4.78 is 10.5. The molecule has 6 nitrogen and oxygen atoms in total. The van der Waals surface area contributed by atoms with Crippen molar-refractivity contribution in [1.29, 1.82) is 0 Å². The molecule has 2 aromatic rings. The summed E-state index contributed by atoms with van der Waals surface area (Å²) in [5.74, 6) is 0.400. The van der Waals surface area contributed by atoms with Crippen LogP contribution in [0.25, 0.3) is 0 Å². The molecule has 0 aliphatic heterocycles. The molecule has 2 aromatic carbocycles. The molecule has 1 aliphatic rings. The van der Waals surface area contributed by atoms with Crippen LogP contribution in [0.1, 0.15) is 18.4 Å². The normalized spacial score (nSPS) is 17.5. The number of rotatable bonds is 9. The predicted molar refractivity (Wildman–Crippen MR) is 108 cm³/mol. The van der Waals surface area contributed by atoms with Gasteiger partial charge in [-0.25, -0.2) is 0 Å². The van der Waals surface area contributed by atoms with E-state index in [0.29, 0.717) is 30.2 Å². The number of aryl methyl sites for hydroxylation is 1. The van der Waals surface area contributed by atoms with E-state index < -0.39 is 0 Å². The summed E-state index contributed by atoms with van der Waals surface area (Å²) in [7, 11) is 3.10. The summed E-state index contributed by atoms with van der Waals surface area (Å²) in [5, 5.41) is 5.79. The first-order valence-electron chi connectivity index (χ1n) is 9.47. The van der Waals surface area contributed by atoms with Crippen molar-refractivity contribution in [3.63, 3.8) is 0 Å². The van der Waals surface area contributed by atoms with Crippen molar-refractivity contribution >= 4 is 17.5 Å². The molecule has 2 unspecified atom stereocenters. The number of amides is 2. The van der Waals surface area contributed by atoms with Gasteiger partial charge in [-0.2, -0.15) is 0 Å². The van der Waals surface area contributed by atoms with Gasteiger partial charge in [0.15, 0.2) is 0 Å². The van der Waals surface area contributed by atoms with Crippen LogP contribution in [0, 0.1) is 11.8 Å². The number of benzene rings is 2. The van der Waals surface area contributed by atoms with Gasteiger partial charge in [-0.05, 0) is 37.0 Å². The Kier molecular flexibility index (Phi) is 6.53. The Morgan fingerprint density at radius 1 is 1.00 bits per heavy atom. The van der Waals surface area contributed by atoms with Gasteiger partial charge in [-0.1, -0.05) is 30.3 Å². The molecule has 0 aromatic heterocycles. The highest BCUT2D eigenvalue weighted by atomic mass is 16.5. The molecule has 28 heavy (non-hydrogen) atoms. The van der Waals surface area contributed by atoms with Gasteiger partial charge in [0.05, 0.1) is 31.7 Å². The van der Waals surface area contributed by atoms with Crippen molar-refractivity contribution in [2.75, 3.05) is 26.1 Å². The van der Waals surface area contributed by atoms with E-state index in [1.807, 2.05) is 18.2 Å². The van der Waals surface area contributed by atoms with E-state index in [0.717, 1.165) is 12.8 Å². The fraction of sp³-hybridized carbons (Fsp3) is 0.364. The molecule has 0 heterocycles. The average molecular weight is 382 g/mol. The summed E-state index contributed by atoms with van der Waals surface area (Å²) in [6.07, 6.45) is 2.37. The molecule has 0 spiro atoms. The van der Waals surface area contributed by atoms with Gasteiger partial charge in [0.25, 0.3) is 0 Å². The number of ether oxygens (including phenoxy) is 2. The summed E-state index contributed by atoms with van der Waals surface area (Å²) in [6, 6.07) is 15.4. The van der Waals surface area contributed by atoms with Crippen molar-refractivity contribution < 1.29 is 19.1 Å². The molecule has 6 heteroatoms. The number of carbonyl (C=O) groups is 2. The molecule has 1 aliphatic carbocycles. The van der Waals surface area contributed by atoms with E-state index in [9.17, 15) is 9.59 Å². The second-order valence-electron chi connectivity index (χ2n) is 6.88. The molecule has 2 amide bonds. The number of nitrogens with one attached hydrogen (secondary N) is 2. The first-order chi connectivity index (χ1) is 13.6. The number of anilines is 1. The van der Waals surface area contributed by atoms with Crippen LogP contribution in [-0.4, -0.2) is 32.6 Å². The minimum Gasteiger partial charge on any atom is -0.497 e. The van der Waals surface area contributed by atoms with Crippen molar-refractivity contribution in [2.45, 2.75) is 19.3 Å². The smallest absolute Gasteiger partial charge is 0.228 e. The van der Waals surface area contributed by atoms with E-state index >= 15 is 0 Å². The predicted octanol–water partition coefficient (Wildman–Crippen LogP) is 3.03. The van der Waals surface area contributed by atoms with Crippen LogP contribution in [0.4, 0.5) is 5.69 Å². The maximum absolute atomic E-state index is 12.5. The topological polar surface area (TPSA) is 76.7 Å². The zero-order chi connectivity index (χ0) is 19.9. The van der Waals surface area contributed by atoms with Crippen LogP contribution in [0.5, 0.6) is 11.5 Å². The summed E-state index contributed by atoms with van der Waals surface area (Å²) in [6.45, 7) is 0.613. The SMILES string of the molecule is COc1ccc(OC)c(NC(=O)C2CC2C(=O)NCCCc2ccccc2)c1. The lowest BCUT2D eigenvalue weighted by Gasteiger charge is -2.11. The van der Waals surface area contributed by atoms with Gasteiger partial charge in [-0.15, -0.1) is 0 Å². The molecule has 1 saturated carbocycles. The Bertz CT molecular complexity index is 823. The highest BCUT2D eigenvalue weighted by molar-refractivity contribution is 6.00. The van der Waals surface area contributed by atoms with Crippen LogP contribution >= 0.6 is 0 Å². The number of hydrogen-bond donors (Lipinski definition) is 2. The lowest BCUT2D eigenvalue weighted by Crippen LogP contribution is -2.28. The lowest BCUT2D eigenvalue weighted by molar-refractivity contribution is -0.125. The molecule has 1 fully saturated rings. The average Bonchev–Trinajstić information content (AvgIpc) is 3.53. The maximum atomic E-state index is 12.5. The van der Waals surface area contributed by atoms with Crippen molar-refractivity contribution in [3.05, 3.63) is 54.1 Å². The number of methoxy groups -OCH3 is 2. The zero-order valence-electron chi connectivity index (χ0n) is 16.2. The molecule has 0 bridgehead atoms. The van der Waals surface area contributed by atoms with Crippen molar-refractivity contribution in [3.8, 4) is 11.5 Å². The van der Waals surface area contributed by atoms with E-state index in [2.05, 4.69) is 22.8 Å². The minimum atomic E-state index is -0.301. The monoisotopic (exact) mass is 382 g/mol. The van der Waals surface area contributed by atoms with Gasteiger partial charge < -0.3 is 20.1 Å². The highest BCUT2D eigenvalue weighted by Gasteiger charge is 2.48. The number of hydrogen-bond acceptors (Lipinski definition) is 4. The first kappa shape index (κ1) is 19.7. The third kappa shape index (κ3) is 5.03. The maximum Gasteiger partial charge on any atom is 0.228 e. The van der Waals surface area contributed by atoms with E-state index in [1.54, 1.807) is 32.4 Å².